The van der Waals surface area contributed by atoms with Crippen LogP contribution in [0, 0.1) is 0 Å². The number of rotatable bonds is 7. The van der Waals surface area contributed by atoms with Gasteiger partial charge in [-0.25, -0.2) is 4.79 Å². The molecule has 2 aliphatic heterocycles. The molecular formula is C12H14N2O4S4. The largest absolute Gasteiger partial charge is 0.480 e. The lowest BCUT2D eigenvalue weighted by atomic mass is 10.1. The first-order valence-corrected chi connectivity index (χ1v) is 9.39. The molecule has 120 valence electrons. The normalized spacial score (nSPS) is 20.2. The van der Waals surface area contributed by atoms with Crippen LogP contribution in [0.25, 0.3) is 0 Å². The Morgan fingerprint density at radius 1 is 1.14 bits per heavy atom. The first-order chi connectivity index (χ1) is 10.4. The van der Waals surface area contributed by atoms with Crippen molar-refractivity contribution in [3.05, 3.63) is 0 Å². The van der Waals surface area contributed by atoms with Crippen LogP contribution in [0.4, 0.5) is 0 Å². The molecule has 0 radical (unpaired) electrons. The molecule has 2 fully saturated rings. The van der Waals surface area contributed by atoms with Crippen LogP contribution >= 0.6 is 48.0 Å². The number of carbonyl (C=O) groups excluding carboxylic acids is 2. The van der Waals surface area contributed by atoms with Crippen LogP contribution in [0.5, 0.6) is 0 Å². The highest BCUT2D eigenvalue weighted by molar-refractivity contribution is 8.24. The van der Waals surface area contributed by atoms with E-state index < -0.39 is 12.0 Å². The van der Waals surface area contributed by atoms with Crippen molar-refractivity contribution >= 4 is 74.4 Å². The summed E-state index contributed by atoms with van der Waals surface area (Å²) >= 11 is 12.7. The third kappa shape index (κ3) is 3.98. The molecule has 0 aromatic rings. The molecule has 0 spiro atoms. The summed E-state index contributed by atoms with van der Waals surface area (Å²) in [6, 6.07) is -0.925. The predicted molar refractivity (Wildman–Crippen MR) is 93.9 cm³/mol. The minimum Gasteiger partial charge on any atom is -0.480 e. The zero-order valence-corrected chi connectivity index (χ0v) is 14.8. The second kappa shape index (κ2) is 7.71. The average molecular weight is 379 g/mol. The second-order valence-corrected chi connectivity index (χ2v) is 7.99. The van der Waals surface area contributed by atoms with Crippen LogP contribution in [-0.4, -0.2) is 65.4 Å². The van der Waals surface area contributed by atoms with E-state index in [1.165, 1.54) is 28.4 Å². The summed E-state index contributed by atoms with van der Waals surface area (Å²) in [5.41, 5.74) is 0. The summed E-state index contributed by atoms with van der Waals surface area (Å²) in [5, 5.41) is 9.31. The second-order valence-electron chi connectivity index (χ2n) is 4.77. The van der Waals surface area contributed by atoms with Gasteiger partial charge in [0.05, 0.1) is 11.5 Å². The van der Waals surface area contributed by atoms with E-state index in [2.05, 4.69) is 0 Å². The maximum atomic E-state index is 11.7. The molecule has 0 aromatic carbocycles. The van der Waals surface area contributed by atoms with Crippen molar-refractivity contribution < 1.29 is 19.5 Å². The molecule has 0 aliphatic carbocycles. The van der Waals surface area contributed by atoms with Crippen molar-refractivity contribution in [2.75, 3.05) is 18.1 Å². The third-order valence-corrected chi connectivity index (χ3v) is 6.15. The zero-order chi connectivity index (χ0) is 16.3. The molecule has 0 saturated carbocycles. The maximum absolute atomic E-state index is 11.7. The number of unbranched alkanes of at least 4 members (excludes halogenated alkanes) is 1. The summed E-state index contributed by atoms with van der Waals surface area (Å²) in [5.74, 6) is -0.728. The monoisotopic (exact) mass is 378 g/mol. The number of carboxylic acids is 1. The molecule has 2 aliphatic rings. The van der Waals surface area contributed by atoms with E-state index in [4.69, 9.17) is 24.4 Å². The first kappa shape index (κ1) is 17.6. The quantitative estimate of drug-likeness (QED) is 0.525. The van der Waals surface area contributed by atoms with Crippen LogP contribution in [0.3, 0.4) is 0 Å². The highest BCUT2D eigenvalue weighted by Gasteiger charge is 2.36. The van der Waals surface area contributed by atoms with Gasteiger partial charge in [0.15, 0.2) is 0 Å². The predicted octanol–water partition coefficient (Wildman–Crippen LogP) is 1.33. The van der Waals surface area contributed by atoms with E-state index in [1.54, 1.807) is 4.90 Å². The van der Waals surface area contributed by atoms with E-state index in [0.29, 0.717) is 40.2 Å². The highest BCUT2D eigenvalue weighted by atomic mass is 32.2. The molecule has 1 unspecified atom stereocenters. The van der Waals surface area contributed by atoms with Gasteiger partial charge in [-0.05, 0) is 19.3 Å². The SMILES string of the molecule is O=C(O)C(CCCCN1C(=O)CSC1=S)N1C(=O)CSC1=S. The minimum atomic E-state index is -1.05. The molecule has 2 rings (SSSR count). The maximum Gasteiger partial charge on any atom is 0.326 e. The Kier molecular flexibility index (Phi) is 6.18. The molecule has 2 saturated heterocycles. The summed E-state index contributed by atoms with van der Waals surface area (Å²) < 4.78 is 0.900. The van der Waals surface area contributed by atoms with Gasteiger partial charge in [-0.3, -0.25) is 19.4 Å². The molecule has 1 atom stereocenters. The van der Waals surface area contributed by atoms with Gasteiger partial charge in [0, 0.05) is 6.54 Å². The van der Waals surface area contributed by atoms with Gasteiger partial charge in [0.2, 0.25) is 11.8 Å². The molecule has 2 heterocycles. The standard InChI is InChI=1S/C12H14N2O4S4/c15-8-5-21-11(19)13(8)4-2-1-3-7(10(17)18)14-9(16)6-22-12(14)20/h7H,1-6H2,(H,17,18). The van der Waals surface area contributed by atoms with E-state index in [9.17, 15) is 19.5 Å². The van der Waals surface area contributed by atoms with Crippen LogP contribution in [0.15, 0.2) is 0 Å². The fourth-order valence-corrected chi connectivity index (χ4v) is 4.51. The average Bonchev–Trinajstić information content (AvgIpc) is 2.95. The molecular weight excluding hydrogens is 364 g/mol. The molecule has 0 aromatic heterocycles. The lowest BCUT2D eigenvalue weighted by Crippen LogP contribution is -2.44. The molecule has 2 amide bonds. The number of thioether (sulfide) groups is 2. The van der Waals surface area contributed by atoms with E-state index in [1.807, 2.05) is 0 Å². The van der Waals surface area contributed by atoms with Gasteiger partial charge in [-0.2, -0.15) is 0 Å². The number of nitrogens with zero attached hydrogens (tertiary/aromatic N) is 2. The number of thiocarbonyl (C=S) groups is 2. The van der Waals surface area contributed by atoms with Gasteiger partial charge >= 0.3 is 5.97 Å². The fraction of sp³-hybridized carbons (Fsp3) is 0.583. The van der Waals surface area contributed by atoms with Crippen LogP contribution < -0.4 is 0 Å². The van der Waals surface area contributed by atoms with Crippen molar-refractivity contribution in [2.45, 2.75) is 25.3 Å². The molecule has 1 N–H and O–H groups in total. The Labute approximate surface area is 147 Å². The van der Waals surface area contributed by atoms with Gasteiger partial charge < -0.3 is 5.11 Å². The van der Waals surface area contributed by atoms with Crippen molar-refractivity contribution in [1.29, 1.82) is 0 Å². The van der Waals surface area contributed by atoms with E-state index in [0.717, 1.165) is 0 Å². The van der Waals surface area contributed by atoms with Crippen molar-refractivity contribution in [1.82, 2.24) is 9.80 Å². The Hall–Kier alpha value is -0.710. The van der Waals surface area contributed by atoms with Crippen molar-refractivity contribution in [3.8, 4) is 0 Å². The molecule has 10 heteroatoms. The lowest BCUT2D eigenvalue weighted by Gasteiger charge is -2.23. The first-order valence-electron chi connectivity index (χ1n) is 6.60. The van der Waals surface area contributed by atoms with Gasteiger partial charge in [0.1, 0.15) is 14.7 Å². The van der Waals surface area contributed by atoms with E-state index >= 15 is 0 Å². The Morgan fingerprint density at radius 3 is 2.27 bits per heavy atom. The lowest BCUT2D eigenvalue weighted by molar-refractivity contribution is -0.146. The van der Waals surface area contributed by atoms with Gasteiger partial charge in [-0.1, -0.05) is 48.0 Å². The third-order valence-electron chi connectivity index (χ3n) is 3.33. The number of carbonyl (C=O) groups is 3. The fourth-order valence-electron chi connectivity index (χ4n) is 2.23. The minimum absolute atomic E-state index is 0.00270. The highest BCUT2D eigenvalue weighted by Crippen LogP contribution is 2.25. The van der Waals surface area contributed by atoms with E-state index in [-0.39, 0.29) is 17.6 Å². The smallest absolute Gasteiger partial charge is 0.326 e. The number of carboxylic acid groups (broad SMARTS) is 1. The summed E-state index contributed by atoms with van der Waals surface area (Å²) in [6.45, 7) is 0.490. The Morgan fingerprint density at radius 2 is 1.77 bits per heavy atom. The number of amides is 2. The number of hydrogen-bond acceptors (Lipinski definition) is 7. The summed E-state index contributed by atoms with van der Waals surface area (Å²) in [7, 11) is 0. The van der Waals surface area contributed by atoms with Crippen molar-refractivity contribution in [2.24, 2.45) is 0 Å². The summed E-state index contributed by atoms with van der Waals surface area (Å²) in [4.78, 5) is 37.4. The molecule has 0 bridgehead atoms. The van der Waals surface area contributed by atoms with Gasteiger partial charge in [-0.15, -0.1) is 0 Å². The molecule has 22 heavy (non-hydrogen) atoms. The Bertz CT molecular complexity index is 507. The Balaban J connectivity index is 1.84. The van der Waals surface area contributed by atoms with Crippen LogP contribution in [0.2, 0.25) is 0 Å². The number of hydrogen-bond donors (Lipinski definition) is 1. The molecule has 6 nitrogen and oxygen atoms in total. The van der Waals surface area contributed by atoms with Crippen molar-refractivity contribution in [3.63, 3.8) is 0 Å². The van der Waals surface area contributed by atoms with Gasteiger partial charge in [0.25, 0.3) is 0 Å². The summed E-state index contributed by atoms with van der Waals surface area (Å²) in [6.07, 6.45) is 1.52. The number of aliphatic carboxylic acids is 1. The topological polar surface area (TPSA) is 77.9 Å². The van der Waals surface area contributed by atoms with Crippen LogP contribution in [-0.2, 0) is 14.4 Å². The zero-order valence-electron chi connectivity index (χ0n) is 11.5. The van der Waals surface area contributed by atoms with Crippen LogP contribution in [0.1, 0.15) is 19.3 Å².